The van der Waals surface area contributed by atoms with Crippen LogP contribution in [0.25, 0.3) is 0 Å². The van der Waals surface area contributed by atoms with Crippen LogP contribution in [-0.2, 0) is 19.0 Å². The van der Waals surface area contributed by atoms with Crippen molar-refractivity contribution in [2.75, 3.05) is 7.11 Å². The minimum Gasteiger partial charge on any atom is -0.493 e. The van der Waals surface area contributed by atoms with E-state index >= 15 is 0 Å². The Morgan fingerprint density at radius 2 is 2.05 bits per heavy atom. The molecule has 0 saturated heterocycles. The predicted molar refractivity (Wildman–Crippen MR) is 77.9 cm³/mol. The van der Waals surface area contributed by atoms with Crippen LogP contribution in [0.15, 0.2) is 24.3 Å². The quantitative estimate of drug-likeness (QED) is 0.792. The van der Waals surface area contributed by atoms with E-state index in [1.165, 1.54) is 0 Å². The van der Waals surface area contributed by atoms with Crippen molar-refractivity contribution in [3.05, 3.63) is 41.2 Å². The molecule has 0 aliphatic heterocycles. The largest absolute Gasteiger partial charge is 0.493 e. The number of hydrogen-bond donors (Lipinski definition) is 0. The molecular formula is C14H17BrN2O2. The van der Waals surface area contributed by atoms with Gasteiger partial charge in [0.1, 0.15) is 6.61 Å². The maximum atomic E-state index is 5.84. The van der Waals surface area contributed by atoms with E-state index in [2.05, 4.69) is 21.0 Å². The van der Waals surface area contributed by atoms with Gasteiger partial charge in [-0.2, -0.15) is 5.10 Å². The molecule has 1 heterocycles. The molecule has 102 valence electrons. The van der Waals surface area contributed by atoms with Crippen LogP contribution in [0, 0.1) is 6.92 Å². The van der Waals surface area contributed by atoms with Crippen LogP contribution >= 0.6 is 15.9 Å². The summed E-state index contributed by atoms with van der Waals surface area (Å²) in [5.74, 6) is 1.49. The highest BCUT2D eigenvalue weighted by Crippen LogP contribution is 2.29. The first-order chi connectivity index (χ1) is 9.13. The van der Waals surface area contributed by atoms with Gasteiger partial charge in [-0.3, -0.25) is 4.68 Å². The summed E-state index contributed by atoms with van der Waals surface area (Å²) in [4.78, 5) is 0. The normalized spacial score (nSPS) is 10.5. The van der Waals surface area contributed by atoms with Crippen LogP contribution in [0.4, 0.5) is 0 Å². The number of halogens is 1. The zero-order valence-electron chi connectivity index (χ0n) is 11.3. The highest BCUT2D eigenvalue weighted by atomic mass is 79.9. The number of nitrogens with zero attached hydrogens (tertiary/aromatic N) is 2. The second-order valence-corrected chi connectivity index (χ2v) is 4.87. The maximum absolute atomic E-state index is 5.84. The summed E-state index contributed by atoms with van der Waals surface area (Å²) in [5.41, 5.74) is 3.17. The molecule has 0 aliphatic carbocycles. The van der Waals surface area contributed by atoms with Gasteiger partial charge in [0.2, 0.25) is 0 Å². The summed E-state index contributed by atoms with van der Waals surface area (Å²) in [6, 6.07) is 7.92. The smallest absolute Gasteiger partial charge is 0.162 e. The number of aryl methyl sites for hydroxylation is 2. The van der Waals surface area contributed by atoms with Crippen LogP contribution in [-0.4, -0.2) is 16.9 Å². The van der Waals surface area contributed by atoms with Crippen molar-refractivity contribution < 1.29 is 9.47 Å². The Kier molecular flexibility index (Phi) is 4.47. The van der Waals surface area contributed by atoms with Gasteiger partial charge in [0.25, 0.3) is 0 Å². The number of methoxy groups -OCH3 is 1. The van der Waals surface area contributed by atoms with Gasteiger partial charge in [-0.1, -0.05) is 22.0 Å². The molecule has 0 aliphatic rings. The fourth-order valence-electron chi connectivity index (χ4n) is 1.87. The minimum atomic E-state index is 0.472. The second kappa shape index (κ2) is 6.10. The van der Waals surface area contributed by atoms with Gasteiger partial charge in [0.15, 0.2) is 11.5 Å². The number of ether oxygens (including phenoxy) is 2. The third-order valence-electron chi connectivity index (χ3n) is 2.86. The van der Waals surface area contributed by atoms with Crippen molar-refractivity contribution in [2.24, 2.45) is 7.05 Å². The molecule has 4 nitrogen and oxygen atoms in total. The third-order valence-corrected chi connectivity index (χ3v) is 3.50. The number of aromatic nitrogens is 2. The van der Waals surface area contributed by atoms with E-state index in [4.69, 9.17) is 9.47 Å². The van der Waals surface area contributed by atoms with E-state index in [-0.39, 0.29) is 0 Å². The van der Waals surface area contributed by atoms with Crippen LogP contribution in [0.2, 0.25) is 0 Å². The molecule has 0 radical (unpaired) electrons. The average Bonchev–Trinajstić information content (AvgIpc) is 2.74. The molecule has 0 atom stereocenters. The summed E-state index contributed by atoms with van der Waals surface area (Å²) in [7, 11) is 3.56. The van der Waals surface area contributed by atoms with Crippen molar-refractivity contribution in [3.8, 4) is 11.5 Å². The Labute approximate surface area is 121 Å². The molecule has 1 aromatic carbocycles. The summed E-state index contributed by atoms with van der Waals surface area (Å²) in [5, 5.41) is 5.09. The molecule has 0 bridgehead atoms. The molecule has 19 heavy (non-hydrogen) atoms. The highest BCUT2D eigenvalue weighted by molar-refractivity contribution is 9.08. The van der Waals surface area contributed by atoms with Crippen molar-refractivity contribution in [1.82, 2.24) is 9.78 Å². The first-order valence-corrected chi connectivity index (χ1v) is 7.11. The topological polar surface area (TPSA) is 36.3 Å². The number of alkyl halides is 1. The molecule has 0 spiro atoms. The molecule has 2 rings (SSSR count). The lowest BCUT2D eigenvalue weighted by Crippen LogP contribution is -2.04. The molecule has 0 N–H and O–H groups in total. The van der Waals surface area contributed by atoms with Gasteiger partial charge in [-0.15, -0.1) is 0 Å². The van der Waals surface area contributed by atoms with Crippen LogP contribution in [0.3, 0.4) is 0 Å². The van der Waals surface area contributed by atoms with Gasteiger partial charge < -0.3 is 9.47 Å². The zero-order valence-corrected chi connectivity index (χ0v) is 12.9. The lowest BCUT2D eigenvalue weighted by molar-refractivity contribution is 0.275. The summed E-state index contributed by atoms with van der Waals surface area (Å²) >= 11 is 3.44. The van der Waals surface area contributed by atoms with Crippen molar-refractivity contribution in [1.29, 1.82) is 0 Å². The average molecular weight is 325 g/mol. The first-order valence-electron chi connectivity index (χ1n) is 5.99. The number of rotatable bonds is 5. The van der Waals surface area contributed by atoms with E-state index < -0.39 is 0 Å². The van der Waals surface area contributed by atoms with E-state index in [1.807, 2.05) is 42.9 Å². The van der Waals surface area contributed by atoms with Gasteiger partial charge in [-0.25, -0.2) is 0 Å². The molecule has 0 saturated carbocycles. The van der Waals surface area contributed by atoms with Gasteiger partial charge >= 0.3 is 0 Å². The van der Waals surface area contributed by atoms with E-state index in [9.17, 15) is 0 Å². The Bertz CT molecular complexity index is 567. The van der Waals surface area contributed by atoms with Crippen LogP contribution in [0.1, 0.15) is 17.0 Å². The highest BCUT2D eigenvalue weighted by Gasteiger charge is 2.08. The van der Waals surface area contributed by atoms with E-state index in [1.54, 1.807) is 7.11 Å². The third kappa shape index (κ3) is 3.29. The molecule has 1 aromatic heterocycles. The predicted octanol–water partition coefficient (Wildman–Crippen LogP) is 3.21. The molecule has 0 unspecified atom stereocenters. The van der Waals surface area contributed by atoms with Crippen LogP contribution in [0.5, 0.6) is 11.5 Å². The Morgan fingerprint density at radius 3 is 2.63 bits per heavy atom. The standard InChI is InChI=1S/C14H17BrN2O2/c1-10-6-12(17(2)16-10)9-19-14-7-11(8-15)4-5-13(14)18-3/h4-7H,8-9H2,1-3H3. The number of hydrogen-bond acceptors (Lipinski definition) is 3. The molecule has 0 fully saturated rings. The lowest BCUT2D eigenvalue weighted by Gasteiger charge is -2.11. The Hall–Kier alpha value is -1.49. The molecule has 2 aromatic rings. The molecule has 5 heteroatoms. The fourth-order valence-corrected chi connectivity index (χ4v) is 2.22. The lowest BCUT2D eigenvalue weighted by atomic mass is 10.2. The first kappa shape index (κ1) is 13.9. The van der Waals surface area contributed by atoms with Gasteiger partial charge in [0, 0.05) is 12.4 Å². The van der Waals surface area contributed by atoms with Gasteiger partial charge in [-0.05, 0) is 30.7 Å². The number of benzene rings is 1. The Morgan fingerprint density at radius 1 is 1.26 bits per heavy atom. The summed E-state index contributed by atoms with van der Waals surface area (Å²) in [6.07, 6.45) is 0. The van der Waals surface area contributed by atoms with E-state index in [0.29, 0.717) is 6.61 Å². The second-order valence-electron chi connectivity index (χ2n) is 4.31. The SMILES string of the molecule is COc1ccc(CBr)cc1OCc1cc(C)nn1C. The van der Waals surface area contributed by atoms with Crippen molar-refractivity contribution in [3.63, 3.8) is 0 Å². The van der Waals surface area contributed by atoms with E-state index in [0.717, 1.165) is 33.8 Å². The van der Waals surface area contributed by atoms with Crippen molar-refractivity contribution in [2.45, 2.75) is 18.9 Å². The van der Waals surface area contributed by atoms with Crippen LogP contribution < -0.4 is 9.47 Å². The summed E-state index contributed by atoms with van der Waals surface area (Å²) < 4.78 is 13.0. The maximum Gasteiger partial charge on any atom is 0.162 e. The zero-order chi connectivity index (χ0) is 13.8. The minimum absolute atomic E-state index is 0.472. The molecular weight excluding hydrogens is 308 g/mol. The monoisotopic (exact) mass is 324 g/mol. The Balaban J connectivity index is 2.16. The molecule has 0 amide bonds. The van der Waals surface area contributed by atoms with Crippen molar-refractivity contribution >= 4 is 15.9 Å². The summed E-state index contributed by atoms with van der Waals surface area (Å²) in [6.45, 7) is 2.44. The fraction of sp³-hybridized carbons (Fsp3) is 0.357. The van der Waals surface area contributed by atoms with Gasteiger partial charge in [0.05, 0.1) is 18.5 Å².